The summed E-state index contributed by atoms with van der Waals surface area (Å²) in [5.74, 6) is -2.02. The van der Waals surface area contributed by atoms with E-state index >= 15 is 0 Å². The van der Waals surface area contributed by atoms with Crippen LogP contribution in [0.2, 0.25) is 0 Å². The molecule has 0 aromatic heterocycles. The van der Waals surface area contributed by atoms with Crippen LogP contribution in [0.1, 0.15) is 24.0 Å². The largest absolute Gasteiger partial charge is 0.207 e. The lowest BCUT2D eigenvalue weighted by Gasteiger charge is -2.07. The normalized spacial score (nSPS) is 12.2. The van der Waals surface area contributed by atoms with Crippen LogP contribution in [0, 0.1) is 29.9 Å². The van der Waals surface area contributed by atoms with Gasteiger partial charge >= 0.3 is 0 Å². The summed E-state index contributed by atoms with van der Waals surface area (Å²) in [4.78, 5) is 0. The quantitative estimate of drug-likeness (QED) is 0.653. The zero-order valence-corrected chi connectivity index (χ0v) is 7.44. The van der Waals surface area contributed by atoms with Gasteiger partial charge in [-0.25, -0.2) is 8.78 Å². The lowest BCUT2D eigenvalue weighted by atomic mass is 9.99. The van der Waals surface area contributed by atoms with Crippen molar-refractivity contribution in [3.05, 3.63) is 34.9 Å². The van der Waals surface area contributed by atoms with E-state index in [0.717, 1.165) is 0 Å². The molecule has 68 valence electrons. The summed E-state index contributed by atoms with van der Waals surface area (Å²) < 4.78 is 26.4. The number of hydrogen-bond donors (Lipinski definition) is 0. The number of hydrogen-bond acceptors (Lipinski definition) is 1. The summed E-state index contributed by atoms with van der Waals surface area (Å²) in [7, 11) is 0. The molecule has 1 aromatic rings. The molecular weight excluding hydrogens is 172 g/mol. The van der Waals surface area contributed by atoms with E-state index in [1.165, 1.54) is 19.1 Å². The highest BCUT2D eigenvalue weighted by Crippen LogP contribution is 2.23. The van der Waals surface area contributed by atoms with Gasteiger partial charge in [0.2, 0.25) is 0 Å². The minimum atomic E-state index is -0.750. The van der Waals surface area contributed by atoms with Crippen molar-refractivity contribution in [1.29, 1.82) is 5.26 Å². The number of nitrogens with zero attached hydrogens (tertiary/aromatic N) is 1. The zero-order chi connectivity index (χ0) is 10.0. The van der Waals surface area contributed by atoms with Gasteiger partial charge < -0.3 is 0 Å². The molecule has 1 atom stereocenters. The van der Waals surface area contributed by atoms with Gasteiger partial charge in [-0.3, -0.25) is 0 Å². The van der Waals surface area contributed by atoms with Crippen LogP contribution in [0.3, 0.4) is 0 Å². The van der Waals surface area contributed by atoms with Gasteiger partial charge in [-0.2, -0.15) is 5.26 Å². The Bertz CT molecular complexity index is 366. The van der Waals surface area contributed by atoms with E-state index in [-0.39, 0.29) is 5.56 Å². The van der Waals surface area contributed by atoms with Gasteiger partial charge in [-0.05, 0) is 25.5 Å². The third-order valence-corrected chi connectivity index (χ3v) is 1.95. The van der Waals surface area contributed by atoms with Crippen LogP contribution in [-0.4, -0.2) is 0 Å². The first kappa shape index (κ1) is 9.66. The van der Waals surface area contributed by atoms with Crippen molar-refractivity contribution < 1.29 is 8.78 Å². The van der Waals surface area contributed by atoms with Crippen molar-refractivity contribution in [2.45, 2.75) is 19.8 Å². The van der Waals surface area contributed by atoms with Gasteiger partial charge in [0.15, 0.2) is 0 Å². The Morgan fingerprint density at radius 3 is 2.54 bits per heavy atom. The Morgan fingerprint density at radius 1 is 1.38 bits per heavy atom. The third kappa shape index (κ3) is 1.67. The fraction of sp³-hybridized carbons (Fsp3) is 0.300. The molecule has 1 rings (SSSR count). The summed E-state index contributed by atoms with van der Waals surface area (Å²) in [6.45, 7) is 3.02. The molecule has 0 amide bonds. The lowest BCUT2D eigenvalue weighted by Crippen LogP contribution is -2.01. The Hall–Kier alpha value is -1.43. The highest BCUT2D eigenvalue weighted by molar-refractivity contribution is 5.32. The third-order valence-electron chi connectivity index (χ3n) is 1.95. The first-order chi connectivity index (χ1) is 6.07. The predicted octanol–water partition coefficient (Wildman–Crippen LogP) is 2.90. The molecule has 0 heterocycles. The van der Waals surface area contributed by atoms with E-state index < -0.39 is 17.6 Å². The van der Waals surface area contributed by atoms with E-state index in [0.29, 0.717) is 5.56 Å². The molecule has 0 bridgehead atoms. The van der Waals surface area contributed by atoms with E-state index in [1.54, 1.807) is 6.92 Å². The summed E-state index contributed by atoms with van der Waals surface area (Å²) in [5, 5.41) is 8.54. The molecule has 1 nitrogen and oxygen atoms in total. The first-order valence-electron chi connectivity index (χ1n) is 3.92. The highest BCUT2D eigenvalue weighted by atomic mass is 19.1. The summed E-state index contributed by atoms with van der Waals surface area (Å²) in [6, 6.07) is 4.35. The maximum absolute atomic E-state index is 13.3. The number of nitriles is 1. The maximum Gasteiger partial charge on any atom is 0.133 e. The molecule has 0 radical (unpaired) electrons. The molecule has 0 saturated heterocycles. The van der Waals surface area contributed by atoms with Crippen LogP contribution >= 0.6 is 0 Å². The molecule has 0 spiro atoms. The molecule has 1 aromatic carbocycles. The minimum Gasteiger partial charge on any atom is -0.207 e. The van der Waals surface area contributed by atoms with Crippen LogP contribution in [0.15, 0.2) is 12.1 Å². The Labute approximate surface area is 75.6 Å². The summed E-state index contributed by atoms with van der Waals surface area (Å²) >= 11 is 0. The molecular formula is C10H9F2N. The molecule has 13 heavy (non-hydrogen) atoms. The Balaban J connectivity index is 3.35. The Kier molecular flexibility index (Phi) is 2.62. The van der Waals surface area contributed by atoms with E-state index in [4.69, 9.17) is 5.26 Å². The van der Waals surface area contributed by atoms with Crippen molar-refractivity contribution >= 4 is 0 Å². The standard InChI is InChI=1S/C10H9F2N/c1-6-3-4-8(11)9(10(6)12)7(2)5-13/h3-4,7H,1-2H3. The van der Waals surface area contributed by atoms with Gasteiger partial charge in [0.25, 0.3) is 0 Å². The fourth-order valence-electron chi connectivity index (χ4n) is 1.14. The van der Waals surface area contributed by atoms with Gasteiger partial charge in [0.1, 0.15) is 11.6 Å². The topological polar surface area (TPSA) is 23.8 Å². The minimum absolute atomic E-state index is 0.137. The second kappa shape index (κ2) is 3.53. The fourth-order valence-corrected chi connectivity index (χ4v) is 1.14. The van der Waals surface area contributed by atoms with E-state index in [1.807, 2.05) is 6.07 Å². The number of halogens is 2. The van der Waals surface area contributed by atoms with Crippen molar-refractivity contribution in [1.82, 2.24) is 0 Å². The average Bonchev–Trinajstić information content (AvgIpc) is 2.12. The molecule has 0 aliphatic carbocycles. The van der Waals surface area contributed by atoms with E-state index in [9.17, 15) is 8.78 Å². The SMILES string of the molecule is Cc1ccc(F)c(C(C)C#N)c1F. The molecule has 0 fully saturated rings. The molecule has 0 aliphatic heterocycles. The molecule has 0 aliphatic rings. The molecule has 3 heteroatoms. The van der Waals surface area contributed by atoms with Crippen LogP contribution < -0.4 is 0 Å². The number of benzene rings is 1. The van der Waals surface area contributed by atoms with Crippen LogP contribution in [0.5, 0.6) is 0 Å². The van der Waals surface area contributed by atoms with Crippen LogP contribution in [-0.2, 0) is 0 Å². The zero-order valence-electron chi connectivity index (χ0n) is 7.44. The smallest absolute Gasteiger partial charge is 0.133 e. The van der Waals surface area contributed by atoms with Gasteiger partial charge in [0.05, 0.1) is 12.0 Å². The molecule has 1 unspecified atom stereocenters. The summed E-state index contributed by atoms with van der Waals surface area (Å²) in [5.41, 5.74) is 0.223. The summed E-state index contributed by atoms with van der Waals surface area (Å²) in [6.07, 6.45) is 0. The van der Waals surface area contributed by atoms with Crippen molar-refractivity contribution in [3.8, 4) is 6.07 Å². The lowest BCUT2D eigenvalue weighted by molar-refractivity contribution is 0.545. The van der Waals surface area contributed by atoms with Crippen LogP contribution in [0.4, 0.5) is 8.78 Å². The second-order valence-electron chi connectivity index (χ2n) is 2.94. The Morgan fingerprint density at radius 2 is 2.00 bits per heavy atom. The highest BCUT2D eigenvalue weighted by Gasteiger charge is 2.16. The first-order valence-corrected chi connectivity index (χ1v) is 3.92. The predicted molar refractivity (Wildman–Crippen MR) is 45.1 cm³/mol. The van der Waals surface area contributed by atoms with Gasteiger partial charge in [-0.15, -0.1) is 0 Å². The van der Waals surface area contributed by atoms with E-state index in [2.05, 4.69) is 0 Å². The second-order valence-corrected chi connectivity index (χ2v) is 2.94. The maximum atomic E-state index is 13.3. The van der Waals surface area contributed by atoms with Crippen molar-refractivity contribution in [2.24, 2.45) is 0 Å². The molecule has 0 N–H and O–H groups in total. The van der Waals surface area contributed by atoms with Gasteiger partial charge in [0, 0.05) is 5.56 Å². The molecule has 0 saturated carbocycles. The van der Waals surface area contributed by atoms with Crippen LogP contribution in [0.25, 0.3) is 0 Å². The number of rotatable bonds is 1. The van der Waals surface area contributed by atoms with Crippen molar-refractivity contribution in [3.63, 3.8) is 0 Å². The number of aryl methyl sites for hydroxylation is 1. The monoisotopic (exact) mass is 181 g/mol. The van der Waals surface area contributed by atoms with Gasteiger partial charge in [-0.1, -0.05) is 6.07 Å². The van der Waals surface area contributed by atoms with Crippen molar-refractivity contribution in [2.75, 3.05) is 0 Å². The average molecular weight is 181 g/mol.